The van der Waals surface area contributed by atoms with Crippen LogP contribution in [0.25, 0.3) is 0 Å². The Morgan fingerprint density at radius 2 is 2.00 bits per heavy atom. The van der Waals surface area contributed by atoms with Crippen LogP contribution in [-0.2, 0) is 6.42 Å². The lowest BCUT2D eigenvalue weighted by Crippen LogP contribution is -2.38. The summed E-state index contributed by atoms with van der Waals surface area (Å²) in [5, 5.41) is 3.75. The van der Waals surface area contributed by atoms with E-state index < -0.39 is 0 Å². The molecule has 1 aliphatic rings. The van der Waals surface area contributed by atoms with Gasteiger partial charge < -0.3 is 5.32 Å². The molecule has 1 aliphatic carbocycles. The van der Waals surface area contributed by atoms with Crippen molar-refractivity contribution in [3.05, 3.63) is 35.4 Å². The van der Waals surface area contributed by atoms with E-state index in [1.807, 2.05) is 0 Å². The fourth-order valence-electron chi connectivity index (χ4n) is 2.49. The molecule has 2 rings (SSSR count). The van der Waals surface area contributed by atoms with Crippen LogP contribution in [0.4, 0.5) is 0 Å². The van der Waals surface area contributed by atoms with Gasteiger partial charge in [-0.15, -0.1) is 0 Å². The molecule has 17 heavy (non-hydrogen) atoms. The molecule has 0 aliphatic heterocycles. The number of benzene rings is 1. The molecule has 0 bridgehead atoms. The molecule has 1 heteroatoms. The first-order valence-electron chi connectivity index (χ1n) is 6.93. The Labute approximate surface area is 106 Å². The second-order valence-electron chi connectivity index (χ2n) is 5.79. The fraction of sp³-hybridized carbons (Fsp3) is 0.625. The van der Waals surface area contributed by atoms with Crippen LogP contribution in [0.3, 0.4) is 0 Å². The van der Waals surface area contributed by atoms with E-state index in [1.54, 1.807) is 0 Å². The molecule has 1 nitrogen and oxygen atoms in total. The lowest BCUT2D eigenvalue weighted by molar-refractivity contribution is 0.354. The molecule has 1 N–H and O–H groups in total. The highest BCUT2D eigenvalue weighted by Crippen LogP contribution is 2.49. The first-order chi connectivity index (χ1) is 8.15. The monoisotopic (exact) mass is 231 g/mol. The summed E-state index contributed by atoms with van der Waals surface area (Å²) in [5.74, 6) is 0. The summed E-state index contributed by atoms with van der Waals surface area (Å²) in [6.45, 7) is 8.04. The molecule has 0 radical (unpaired) electrons. The fourth-order valence-corrected chi connectivity index (χ4v) is 2.49. The quantitative estimate of drug-likeness (QED) is 0.787. The Bertz CT molecular complexity index is 366. The summed E-state index contributed by atoms with van der Waals surface area (Å²) in [6, 6.07) is 9.45. The summed E-state index contributed by atoms with van der Waals surface area (Å²) in [5.41, 5.74) is 3.49. The Morgan fingerprint density at radius 3 is 2.59 bits per heavy atom. The van der Waals surface area contributed by atoms with Gasteiger partial charge in [0, 0.05) is 6.04 Å². The molecule has 0 saturated heterocycles. The van der Waals surface area contributed by atoms with Crippen LogP contribution < -0.4 is 5.32 Å². The molecule has 1 fully saturated rings. The van der Waals surface area contributed by atoms with Gasteiger partial charge in [-0.1, -0.05) is 38.1 Å². The van der Waals surface area contributed by atoms with Gasteiger partial charge in [0.25, 0.3) is 0 Å². The predicted molar refractivity (Wildman–Crippen MR) is 74.3 cm³/mol. The van der Waals surface area contributed by atoms with Gasteiger partial charge in [-0.2, -0.15) is 0 Å². The summed E-state index contributed by atoms with van der Waals surface area (Å²) < 4.78 is 0. The van der Waals surface area contributed by atoms with Crippen molar-refractivity contribution >= 4 is 0 Å². The molecule has 1 atom stereocenters. The third-order valence-electron chi connectivity index (χ3n) is 4.21. The van der Waals surface area contributed by atoms with Gasteiger partial charge in [-0.25, -0.2) is 0 Å². The number of nitrogens with one attached hydrogen (secondary N) is 1. The third-order valence-corrected chi connectivity index (χ3v) is 4.21. The van der Waals surface area contributed by atoms with Crippen LogP contribution in [0.2, 0.25) is 0 Å². The average Bonchev–Trinajstić information content (AvgIpc) is 3.06. The molecule has 0 aromatic heterocycles. The zero-order chi connectivity index (χ0) is 12.3. The van der Waals surface area contributed by atoms with E-state index in [9.17, 15) is 0 Å². The number of hydrogen-bond donors (Lipinski definition) is 1. The van der Waals surface area contributed by atoms with Crippen molar-refractivity contribution in [2.75, 3.05) is 6.54 Å². The normalized spacial score (nSPS) is 19.0. The highest BCUT2D eigenvalue weighted by Gasteiger charge is 2.44. The second-order valence-corrected chi connectivity index (χ2v) is 5.79. The topological polar surface area (TPSA) is 12.0 Å². The number of rotatable bonds is 6. The summed E-state index contributed by atoms with van der Waals surface area (Å²) >= 11 is 0. The van der Waals surface area contributed by atoms with Crippen LogP contribution in [0.5, 0.6) is 0 Å². The summed E-state index contributed by atoms with van der Waals surface area (Å²) in [4.78, 5) is 0. The SMILES string of the molecule is CCCNC(Cc1ccccc1C)C1(C)CC1. The Kier molecular flexibility index (Phi) is 3.88. The lowest BCUT2D eigenvalue weighted by atomic mass is 9.90. The zero-order valence-electron chi connectivity index (χ0n) is 11.4. The maximum atomic E-state index is 3.75. The van der Waals surface area contributed by atoms with Crippen LogP contribution >= 0.6 is 0 Å². The molecule has 0 heterocycles. The standard InChI is InChI=1S/C16H25N/c1-4-11-17-15(16(3)9-10-16)12-14-8-6-5-7-13(14)2/h5-8,15,17H,4,9-12H2,1-3H3. The second kappa shape index (κ2) is 5.22. The van der Waals surface area contributed by atoms with Gasteiger partial charge in [0.1, 0.15) is 0 Å². The van der Waals surface area contributed by atoms with Gasteiger partial charge in [0.15, 0.2) is 0 Å². The van der Waals surface area contributed by atoms with E-state index in [-0.39, 0.29) is 0 Å². The maximum Gasteiger partial charge on any atom is 0.0161 e. The van der Waals surface area contributed by atoms with Crippen LogP contribution in [-0.4, -0.2) is 12.6 Å². The van der Waals surface area contributed by atoms with Crippen molar-refractivity contribution in [1.82, 2.24) is 5.32 Å². The average molecular weight is 231 g/mol. The van der Waals surface area contributed by atoms with Crippen molar-refractivity contribution in [3.63, 3.8) is 0 Å². The van der Waals surface area contributed by atoms with Crippen molar-refractivity contribution in [1.29, 1.82) is 0 Å². The van der Waals surface area contributed by atoms with Gasteiger partial charge >= 0.3 is 0 Å². The molecule has 0 spiro atoms. The minimum Gasteiger partial charge on any atom is -0.313 e. The Balaban J connectivity index is 2.05. The molecule has 1 aromatic rings. The molecular weight excluding hydrogens is 206 g/mol. The highest BCUT2D eigenvalue weighted by molar-refractivity contribution is 5.27. The van der Waals surface area contributed by atoms with Crippen molar-refractivity contribution in [2.45, 2.75) is 52.5 Å². The van der Waals surface area contributed by atoms with E-state index >= 15 is 0 Å². The van der Waals surface area contributed by atoms with E-state index in [0.717, 1.165) is 6.54 Å². The van der Waals surface area contributed by atoms with Crippen molar-refractivity contribution in [2.24, 2.45) is 5.41 Å². The Hall–Kier alpha value is -0.820. The van der Waals surface area contributed by atoms with Gasteiger partial charge in [-0.3, -0.25) is 0 Å². The van der Waals surface area contributed by atoms with Crippen LogP contribution in [0.1, 0.15) is 44.2 Å². The Morgan fingerprint density at radius 1 is 1.29 bits per heavy atom. The molecule has 94 valence electrons. The van der Waals surface area contributed by atoms with E-state index in [0.29, 0.717) is 11.5 Å². The molecule has 1 unspecified atom stereocenters. The molecule has 1 aromatic carbocycles. The molecule has 1 saturated carbocycles. The van der Waals surface area contributed by atoms with Crippen molar-refractivity contribution < 1.29 is 0 Å². The first-order valence-corrected chi connectivity index (χ1v) is 6.93. The minimum absolute atomic E-state index is 0.553. The third kappa shape index (κ3) is 3.10. The number of hydrogen-bond acceptors (Lipinski definition) is 1. The van der Waals surface area contributed by atoms with E-state index in [2.05, 4.69) is 50.4 Å². The smallest absolute Gasteiger partial charge is 0.0161 e. The van der Waals surface area contributed by atoms with Crippen LogP contribution in [0.15, 0.2) is 24.3 Å². The lowest BCUT2D eigenvalue weighted by Gasteiger charge is -2.25. The van der Waals surface area contributed by atoms with E-state index in [4.69, 9.17) is 0 Å². The molecule has 0 amide bonds. The maximum absolute atomic E-state index is 3.75. The van der Waals surface area contributed by atoms with Crippen molar-refractivity contribution in [3.8, 4) is 0 Å². The molecular formula is C16H25N. The van der Waals surface area contributed by atoms with Gasteiger partial charge in [0.05, 0.1) is 0 Å². The van der Waals surface area contributed by atoms with Crippen LogP contribution in [0, 0.1) is 12.3 Å². The van der Waals surface area contributed by atoms with Gasteiger partial charge in [-0.05, 0) is 55.7 Å². The summed E-state index contributed by atoms with van der Waals surface area (Å²) in [6.07, 6.45) is 5.18. The largest absolute Gasteiger partial charge is 0.313 e. The minimum atomic E-state index is 0.553. The highest BCUT2D eigenvalue weighted by atomic mass is 14.9. The van der Waals surface area contributed by atoms with E-state index in [1.165, 1.54) is 36.8 Å². The van der Waals surface area contributed by atoms with Gasteiger partial charge in [0.2, 0.25) is 0 Å². The number of aryl methyl sites for hydroxylation is 1. The zero-order valence-corrected chi connectivity index (χ0v) is 11.4. The summed E-state index contributed by atoms with van der Waals surface area (Å²) in [7, 11) is 0. The predicted octanol–water partition coefficient (Wildman–Crippen LogP) is 3.71. The first kappa shape index (κ1) is 12.6.